The summed E-state index contributed by atoms with van der Waals surface area (Å²) in [5.41, 5.74) is 0.308. The fourth-order valence-corrected chi connectivity index (χ4v) is 5.60. The molecular weight excluding hydrogens is 352 g/mol. The van der Waals surface area contributed by atoms with Crippen LogP contribution in [0.2, 0.25) is 0 Å². The Morgan fingerprint density at radius 1 is 0.964 bits per heavy atom. The number of hydrogen-bond acceptors (Lipinski definition) is 4. The van der Waals surface area contributed by atoms with Crippen LogP contribution in [0.1, 0.15) is 73.1 Å². The van der Waals surface area contributed by atoms with E-state index in [2.05, 4.69) is 39.7 Å². The summed E-state index contributed by atoms with van der Waals surface area (Å²) in [5.74, 6) is 0. The highest BCUT2D eigenvalue weighted by Gasteiger charge is 2.58. The summed E-state index contributed by atoms with van der Waals surface area (Å²) in [6.07, 6.45) is 5.86. The molecule has 1 aromatic carbocycles. The molecular formula is C23H34N2O3. The number of ether oxygens (including phenoxy) is 1. The minimum atomic E-state index is -0.489. The van der Waals surface area contributed by atoms with Crippen molar-refractivity contribution in [2.75, 3.05) is 4.90 Å². The van der Waals surface area contributed by atoms with Crippen LogP contribution in [-0.2, 0) is 9.57 Å². The number of nitrogens with zero attached hydrogens (tertiary/aromatic N) is 2. The minimum absolute atomic E-state index is 0.0429. The van der Waals surface area contributed by atoms with Gasteiger partial charge in [-0.15, -0.1) is 0 Å². The molecule has 3 fully saturated rings. The van der Waals surface area contributed by atoms with Crippen molar-refractivity contribution >= 4 is 11.8 Å². The molecule has 3 aliphatic rings. The van der Waals surface area contributed by atoms with Crippen LogP contribution >= 0.6 is 0 Å². The summed E-state index contributed by atoms with van der Waals surface area (Å²) in [6, 6.07) is 9.74. The molecule has 0 spiro atoms. The molecule has 2 aliphatic heterocycles. The third-order valence-corrected chi connectivity index (χ3v) is 6.88. The van der Waals surface area contributed by atoms with Crippen LogP contribution in [0.3, 0.4) is 0 Å². The van der Waals surface area contributed by atoms with E-state index >= 15 is 0 Å². The van der Waals surface area contributed by atoms with Gasteiger partial charge in [-0.3, -0.25) is 9.74 Å². The molecule has 1 amide bonds. The summed E-state index contributed by atoms with van der Waals surface area (Å²) >= 11 is 0. The van der Waals surface area contributed by atoms with Crippen LogP contribution in [0.4, 0.5) is 10.5 Å². The quantitative estimate of drug-likeness (QED) is 0.707. The molecule has 1 saturated carbocycles. The number of carbonyl (C=O) groups excluding carboxylic acids is 1. The highest BCUT2D eigenvalue weighted by molar-refractivity contribution is 5.91. The Bertz CT molecular complexity index is 717. The van der Waals surface area contributed by atoms with Gasteiger partial charge in [0.25, 0.3) is 0 Å². The second kappa shape index (κ2) is 6.74. The van der Waals surface area contributed by atoms with Gasteiger partial charge in [0, 0.05) is 16.8 Å². The lowest BCUT2D eigenvalue weighted by Gasteiger charge is -2.56. The fourth-order valence-electron chi connectivity index (χ4n) is 5.60. The number of para-hydroxylation sites is 1. The highest BCUT2D eigenvalue weighted by atomic mass is 16.7. The fraction of sp³-hybridized carbons (Fsp3) is 0.696. The van der Waals surface area contributed by atoms with Gasteiger partial charge < -0.3 is 4.74 Å². The molecule has 5 heteroatoms. The molecule has 28 heavy (non-hydrogen) atoms. The number of fused-ring (bicyclic) bond motifs is 1. The number of hydroxylamine groups is 2. The van der Waals surface area contributed by atoms with Crippen molar-refractivity contribution in [1.82, 2.24) is 5.06 Å². The maximum Gasteiger partial charge on any atom is 0.415 e. The number of piperidine rings is 1. The lowest BCUT2D eigenvalue weighted by molar-refractivity contribution is -0.342. The first-order chi connectivity index (χ1) is 13.1. The predicted octanol–water partition coefficient (Wildman–Crippen LogP) is 5.30. The van der Waals surface area contributed by atoms with Crippen molar-refractivity contribution in [2.24, 2.45) is 0 Å². The zero-order chi connectivity index (χ0) is 20.2. The molecule has 0 radical (unpaired) electrons. The topological polar surface area (TPSA) is 42.0 Å². The molecule has 0 bridgehead atoms. The Hall–Kier alpha value is -1.59. The van der Waals surface area contributed by atoms with Crippen molar-refractivity contribution in [3.63, 3.8) is 0 Å². The van der Waals surface area contributed by atoms with Crippen LogP contribution in [-0.4, -0.2) is 40.0 Å². The Balaban J connectivity index is 1.70. The summed E-state index contributed by atoms with van der Waals surface area (Å²) < 4.78 is 5.81. The smallest absolute Gasteiger partial charge is 0.415 e. The summed E-state index contributed by atoms with van der Waals surface area (Å²) in [7, 11) is 0. The number of benzene rings is 1. The van der Waals surface area contributed by atoms with Gasteiger partial charge in [0.05, 0.1) is 0 Å². The van der Waals surface area contributed by atoms with Crippen LogP contribution in [0.15, 0.2) is 30.3 Å². The zero-order valence-corrected chi connectivity index (χ0v) is 17.9. The molecule has 0 unspecified atom stereocenters. The molecule has 0 aromatic heterocycles. The van der Waals surface area contributed by atoms with Crippen molar-refractivity contribution < 1.29 is 14.4 Å². The van der Waals surface area contributed by atoms with Crippen LogP contribution < -0.4 is 4.90 Å². The molecule has 0 N–H and O–H groups in total. The van der Waals surface area contributed by atoms with E-state index in [4.69, 9.17) is 9.57 Å². The van der Waals surface area contributed by atoms with Gasteiger partial charge in [0.2, 0.25) is 0 Å². The van der Waals surface area contributed by atoms with Crippen molar-refractivity contribution in [3.8, 4) is 0 Å². The van der Waals surface area contributed by atoms with E-state index in [1.54, 1.807) is 0 Å². The second-order valence-electron chi connectivity index (χ2n) is 10.1. The summed E-state index contributed by atoms with van der Waals surface area (Å²) in [5, 5.41) is 2.23. The summed E-state index contributed by atoms with van der Waals surface area (Å²) in [4.78, 5) is 21.6. The molecule has 2 saturated heterocycles. The van der Waals surface area contributed by atoms with Gasteiger partial charge in [0.15, 0.2) is 0 Å². The van der Waals surface area contributed by atoms with E-state index in [-0.39, 0.29) is 29.3 Å². The molecule has 2 heterocycles. The second-order valence-corrected chi connectivity index (χ2v) is 10.1. The third-order valence-electron chi connectivity index (χ3n) is 6.88. The van der Waals surface area contributed by atoms with E-state index in [1.165, 1.54) is 6.42 Å². The van der Waals surface area contributed by atoms with Gasteiger partial charge in [-0.05, 0) is 85.3 Å². The van der Waals surface area contributed by atoms with E-state index < -0.39 is 5.60 Å². The van der Waals surface area contributed by atoms with Gasteiger partial charge >= 0.3 is 6.09 Å². The molecule has 1 aliphatic carbocycles. The van der Waals surface area contributed by atoms with E-state index in [0.717, 1.165) is 37.8 Å². The first-order valence-corrected chi connectivity index (χ1v) is 10.7. The molecule has 4 rings (SSSR count). The van der Waals surface area contributed by atoms with Crippen LogP contribution in [0.25, 0.3) is 0 Å². The van der Waals surface area contributed by atoms with E-state index in [1.807, 2.05) is 35.2 Å². The highest BCUT2D eigenvalue weighted by Crippen LogP contribution is 2.47. The lowest BCUT2D eigenvalue weighted by Crippen LogP contribution is -2.66. The monoisotopic (exact) mass is 386 g/mol. The number of hydrogen-bond donors (Lipinski definition) is 0. The number of rotatable bonds is 3. The summed E-state index contributed by atoms with van der Waals surface area (Å²) in [6.45, 7) is 11.2. The van der Waals surface area contributed by atoms with Crippen molar-refractivity contribution in [3.05, 3.63) is 30.3 Å². The Labute approximate surface area is 168 Å². The molecule has 3 atom stereocenters. The largest absolute Gasteiger partial charge is 0.443 e. The van der Waals surface area contributed by atoms with Crippen LogP contribution in [0.5, 0.6) is 0 Å². The average molecular weight is 387 g/mol. The van der Waals surface area contributed by atoms with Gasteiger partial charge in [-0.2, -0.15) is 5.06 Å². The SMILES string of the molecule is CC1(C)CCCC(C)(C)N1O[C@]1(C)CCC[C@H]2OC(=O)N(c3ccccc3)[C@H]21. The van der Waals surface area contributed by atoms with Crippen molar-refractivity contribution in [1.29, 1.82) is 0 Å². The number of amides is 1. The Morgan fingerprint density at radius 2 is 1.61 bits per heavy atom. The van der Waals surface area contributed by atoms with Gasteiger partial charge in [-0.25, -0.2) is 4.79 Å². The lowest BCUT2D eigenvalue weighted by atomic mass is 9.78. The predicted molar refractivity (Wildman–Crippen MR) is 110 cm³/mol. The third kappa shape index (κ3) is 3.22. The minimum Gasteiger partial charge on any atom is -0.443 e. The first-order valence-electron chi connectivity index (χ1n) is 10.7. The molecule has 1 aromatic rings. The maximum absolute atomic E-state index is 12.8. The van der Waals surface area contributed by atoms with Gasteiger partial charge in [0.1, 0.15) is 17.7 Å². The Kier molecular flexibility index (Phi) is 4.74. The molecule has 5 nitrogen and oxygen atoms in total. The Morgan fingerprint density at radius 3 is 2.25 bits per heavy atom. The molecule has 154 valence electrons. The van der Waals surface area contributed by atoms with Crippen molar-refractivity contribution in [2.45, 2.75) is 102 Å². The first kappa shape index (κ1) is 19.7. The standard InChI is InChI=1S/C23H34N2O3/c1-21(2)14-10-15-22(3,4)25(21)28-23(5)16-9-13-18-19(23)24(20(26)27-18)17-11-7-6-8-12-17/h6-8,11-12,18-19H,9-10,13-16H2,1-5H3/t18-,19-,23-/m1/s1. The van der Waals surface area contributed by atoms with Crippen LogP contribution in [0, 0.1) is 0 Å². The maximum atomic E-state index is 12.8. The number of anilines is 1. The number of carbonyl (C=O) groups is 1. The zero-order valence-electron chi connectivity index (χ0n) is 17.9. The average Bonchev–Trinajstić information content (AvgIpc) is 2.97. The van der Waals surface area contributed by atoms with Gasteiger partial charge in [-0.1, -0.05) is 18.2 Å². The van der Waals surface area contributed by atoms with E-state index in [9.17, 15) is 4.79 Å². The normalized spacial score (nSPS) is 34.8. The van der Waals surface area contributed by atoms with E-state index in [0.29, 0.717) is 0 Å².